The van der Waals surface area contributed by atoms with Gasteiger partial charge in [0.2, 0.25) is 17.7 Å². The number of rotatable bonds is 9. The number of hydrogen-bond acceptors (Lipinski definition) is 6. The molecule has 0 aliphatic carbocycles. The molecule has 3 amide bonds. The number of aliphatic hydroxyl groups is 1. The lowest BCUT2D eigenvalue weighted by Gasteiger charge is -2.36. The Hall–Kier alpha value is -2.75. The molecule has 0 aromatic heterocycles. The van der Waals surface area contributed by atoms with E-state index in [-0.39, 0.29) is 29.6 Å². The molecule has 208 valence electrons. The SMILES string of the molecule is CCOc1ccc(NC(=O)[C@@H]2[C@@H]3CCC4(S3)C(C(=O)Nc3c(C)cccc3Cl)N([C@@H](CC)CO)C(=O)[C@H]24)cc1. The van der Waals surface area contributed by atoms with Crippen LogP contribution in [0, 0.1) is 18.8 Å². The second kappa shape index (κ2) is 11.0. The van der Waals surface area contributed by atoms with E-state index in [9.17, 15) is 19.5 Å². The molecule has 2 bridgehead atoms. The van der Waals surface area contributed by atoms with E-state index in [0.29, 0.717) is 41.6 Å². The summed E-state index contributed by atoms with van der Waals surface area (Å²) in [5.41, 5.74) is 1.94. The van der Waals surface area contributed by atoms with Crippen molar-refractivity contribution >= 4 is 52.5 Å². The van der Waals surface area contributed by atoms with Crippen LogP contribution in [0.2, 0.25) is 5.02 Å². The average Bonchev–Trinajstić information content (AvgIpc) is 3.56. The van der Waals surface area contributed by atoms with Gasteiger partial charge in [-0.1, -0.05) is 30.7 Å². The van der Waals surface area contributed by atoms with Crippen molar-refractivity contribution in [2.45, 2.75) is 62.1 Å². The van der Waals surface area contributed by atoms with Crippen molar-refractivity contribution in [1.82, 2.24) is 4.90 Å². The fourth-order valence-corrected chi connectivity index (χ4v) is 8.98. The Morgan fingerprint density at radius 1 is 1.18 bits per heavy atom. The first-order valence-electron chi connectivity index (χ1n) is 13.5. The minimum Gasteiger partial charge on any atom is -0.494 e. The maximum atomic E-state index is 14.1. The highest BCUT2D eigenvalue weighted by Gasteiger charge is 2.74. The number of aliphatic hydroxyl groups excluding tert-OH is 1. The summed E-state index contributed by atoms with van der Waals surface area (Å²) in [6, 6.07) is 11.2. The minimum atomic E-state index is -0.832. The summed E-state index contributed by atoms with van der Waals surface area (Å²) in [5, 5.41) is 16.5. The molecule has 3 aliphatic heterocycles. The highest BCUT2D eigenvalue weighted by atomic mass is 35.5. The summed E-state index contributed by atoms with van der Waals surface area (Å²) in [6.07, 6.45) is 1.86. The zero-order valence-corrected chi connectivity index (χ0v) is 23.8. The van der Waals surface area contributed by atoms with Crippen LogP contribution in [0.15, 0.2) is 42.5 Å². The highest BCUT2D eigenvalue weighted by molar-refractivity contribution is 8.02. The molecule has 8 nitrogen and oxygen atoms in total. The van der Waals surface area contributed by atoms with Crippen molar-refractivity contribution in [3.8, 4) is 5.75 Å². The molecule has 6 atom stereocenters. The molecule has 2 aromatic carbocycles. The third kappa shape index (κ3) is 4.68. The van der Waals surface area contributed by atoms with Crippen molar-refractivity contribution in [2.24, 2.45) is 11.8 Å². The molecule has 3 aliphatic rings. The van der Waals surface area contributed by atoms with Crippen LogP contribution in [0.5, 0.6) is 5.75 Å². The monoisotopic (exact) mass is 571 g/mol. The Morgan fingerprint density at radius 3 is 2.56 bits per heavy atom. The lowest BCUT2D eigenvalue weighted by atomic mass is 9.70. The molecule has 2 aromatic rings. The van der Waals surface area contributed by atoms with Gasteiger partial charge in [0.25, 0.3) is 0 Å². The number of aryl methyl sites for hydroxylation is 1. The summed E-state index contributed by atoms with van der Waals surface area (Å²) in [6.45, 7) is 5.93. The molecular weight excluding hydrogens is 538 g/mol. The predicted octanol–water partition coefficient (Wildman–Crippen LogP) is 4.49. The number of fused-ring (bicyclic) bond motifs is 1. The summed E-state index contributed by atoms with van der Waals surface area (Å²) in [7, 11) is 0. The Kier molecular flexibility index (Phi) is 7.86. The predicted molar refractivity (Wildman–Crippen MR) is 153 cm³/mol. The Balaban J connectivity index is 1.47. The number of anilines is 2. The summed E-state index contributed by atoms with van der Waals surface area (Å²) in [4.78, 5) is 43.4. The normalized spacial score (nSPS) is 27.8. The molecule has 1 spiro atoms. The van der Waals surface area contributed by atoms with Gasteiger partial charge in [-0.2, -0.15) is 0 Å². The van der Waals surface area contributed by atoms with Gasteiger partial charge in [-0.25, -0.2) is 0 Å². The Labute approximate surface area is 237 Å². The van der Waals surface area contributed by atoms with E-state index < -0.39 is 28.7 Å². The fraction of sp³-hybridized carbons (Fsp3) is 0.483. The summed E-state index contributed by atoms with van der Waals surface area (Å²) in [5.74, 6) is -1.34. The topological polar surface area (TPSA) is 108 Å². The van der Waals surface area contributed by atoms with Crippen molar-refractivity contribution in [2.75, 3.05) is 23.8 Å². The number of thioether (sulfide) groups is 1. The molecule has 2 unspecified atom stereocenters. The number of nitrogens with one attached hydrogen (secondary N) is 2. The van der Waals surface area contributed by atoms with E-state index in [0.717, 1.165) is 12.0 Å². The van der Waals surface area contributed by atoms with Gasteiger partial charge in [-0.3, -0.25) is 14.4 Å². The number of benzene rings is 2. The first-order valence-corrected chi connectivity index (χ1v) is 14.7. The molecule has 0 radical (unpaired) electrons. The maximum Gasteiger partial charge on any atom is 0.248 e. The van der Waals surface area contributed by atoms with Gasteiger partial charge in [0.05, 0.1) is 46.5 Å². The number of halogens is 1. The molecule has 3 saturated heterocycles. The van der Waals surface area contributed by atoms with Gasteiger partial charge >= 0.3 is 0 Å². The van der Waals surface area contributed by atoms with Gasteiger partial charge in [0.1, 0.15) is 11.8 Å². The molecule has 5 rings (SSSR count). The lowest BCUT2D eigenvalue weighted by molar-refractivity contribution is -0.141. The van der Waals surface area contributed by atoms with E-state index in [4.69, 9.17) is 16.3 Å². The molecule has 3 heterocycles. The van der Waals surface area contributed by atoms with Gasteiger partial charge < -0.3 is 25.4 Å². The average molecular weight is 572 g/mol. The number of carbonyl (C=O) groups is 3. The van der Waals surface area contributed by atoms with E-state index >= 15 is 0 Å². The van der Waals surface area contributed by atoms with E-state index in [1.165, 1.54) is 0 Å². The second-order valence-electron chi connectivity index (χ2n) is 10.4. The molecule has 39 heavy (non-hydrogen) atoms. The van der Waals surface area contributed by atoms with Crippen LogP contribution in [0.25, 0.3) is 0 Å². The third-order valence-corrected chi connectivity index (χ3v) is 10.5. The minimum absolute atomic E-state index is 0.0737. The van der Waals surface area contributed by atoms with Crippen molar-refractivity contribution in [3.63, 3.8) is 0 Å². The first-order chi connectivity index (χ1) is 18.7. The van der Waals surface area contributed by atoms with Crippen LogP contribution in [0.3, 0.4) is 0 Å². The van der Waals surface area contributed by atoms with Crippen LogP contribution in [-0.4, -0.2) is 63.0 Å². The van der Waals surface area contributed by atoms with E-state index in [1.807, 2.05) is 32.9 Å². The number of nitrogens with zero attached hydrogens (tertiary/aromatic N) is 1. The van der Waals surface area contributed by atoms with E-state index in [1.54, 1.807) is 47.0 Å². The summed E-state index contributed by atoms with van der Waals surface area (Å²) >= 11 is 8.01. The van der Waals surface area contributed by atoms with Crippen LogP contribution < -0.4 is 15.4 Å². The van der Waals surface area contributed by atoms with Gasteiger partial charge in [0, 0.05) is 10.9 Å². The zero-order chi connectivity index (χ0) is 27.9. The highest BCUT2D eigenvalue weighted by Crippen LogP contribution is 2.66. The smallest absolute Gasteiger partial charge is 0.248 e. The first kappa shape index (κ1) is 27.8. The quantitative estimate of drug-likeness (QED) is 0.409. The molecule has 10 heteroatoms. The fourth-order valence-electron chi connectivity index (χ4n) is 6.51. The molecular formula is C29H34ClN3O5S. The zero-order valence-electron chi connectivity index (χ0n) is 22.3. The van der Waals surface area contributed by atoms with Gasteiger partial charge in [0.15, 0.2) is 0 Å². The Bertz CT molecular complexity index is 1250. The van der Waals surface area contributed by atoms with Crippen LogP contribution >= 0.6 is 23.4 Å². The number of amides is 3. The van der Waals surface area contributed by atoms with Crippen molar-refractivity contribution in [1.29, 1.82) is 0 Å². The van der Waals surface area contributed by atoms with Crippen LogP contribution in [0.1, 0.15) is 38.7 Å². The van der Waals surface area contributed by atoms with E-state index in [2.05, 4.69) is 10.6 Å². The summed E-state index contributed by atoms with van der Waals surface area (Å²) < 4.78 is 4.73. The standard InChI is InChI=1S/C29H34ClN3O5S/c1-4-18(15-34)33-25(27(36)32-24-16(3)7-6-8-20(24)30)29-14-13-21(39-29)22(23(29)28(33)37)26(35)31-17-9-11-19(12-10-17)38-5-2/h6-12,18,21-23,25,34H,4-5,13-15H2,1-3H3,(H,31,35)(H,32,36)/t18-,21-,22+,23-,25?,29?/m0/s1. The lowest BCUT2D eigenvalue weighted by Crippen LogP contribution is -2.54. The number of ether oxygens (including phenoxy) is 1. The van der Waals surface area contributed by atoms with Crippen molar-refractivity contribution in [3.05, 3.63) is 53.1 Å². The molecule has 0 saturated carbocycles. The van der Waals surface area contributed by atoms with Crippen LogP contribution in [-0.2, 0) is 14.4 Å². The van der Waals surface area contributed by atoms with Gasteiger partial charge in [-0.05, 0) is 69.0 Å². The third-order valence-electron chi connectivity index (χ3n) is 8.27. The van der Waals surface area contributed by atoms with Crippen LogP contribution in [0.4, 0.5) is 11.4 Å². The molecule has 3 N–H and O–H groups in total. The van der Waals surface area contributed by atoms with Gasteiger partial charge in [-0.15, -0.1) is 11.8 Å². The largest absolute Gasteiger partial charge is 0.494 e. The van der Waals surface area contributed by atoms with Crippen molar-refractivity contribution < 1.29 is 24.2 Å². The molecule has 3 fully saturated rings. The second-order valence-corrected chi connectivity index (χ2v) is 12.4. The number of para-hydroxylation sites is 1. The number of likely N-dealkylation sites (tertiary alicyclic amines) is 1. The number of carbonyl (C=O) groups excluding carboxylic acids is 3. The maximum absolute atomic E-state index is 14.1. The number of hydrogen-bond donors (Lipinski definition) is 3. The Morgan fingerprint density at radius 2 is 1.92 bits per heavy atom.